The molecule has 0 aliphatic heterocycles. The molecular formula is C15H16ClF2N3. The van der Waals surface area contributed by atoms with Gasteiger partial charge in [-0.05, 0) is 25.0 Å². The number of nitrogens with zero attached hydrogens (tertiary/aromatic N) is 1. The molecule has 0 radical (unpaired) electrons. The van der Waals surface area contributed by atoms with Gasteiger partial charge in [-0.15, -0.1) is 0 Å². The molecule has 2 rings (SSSR count). The van der Waals surface area contributed by atoms with Crippen molar-refractivity contribution in [2.24, 2.45) is 0 Å². The molecule has 1 aromatic carbocycles. The SMILES string of the molecule is CCCNc1nc(Nc2c(C)cccc2Cl)c(F)cc1F. The van der Waals surface area contributed by atoms with Crippen LogP contribution in [0.25, 0.3) is 0 Å². The fourth-order valence-corrected chi connectivity index (χ4v) is 2.10. The first-order valence-electron chi connectivity index (χ1n) is 6.65. The molecule has 0 amide bonds. The third kappa shape index (κ3) is 3.61. The number of aromatic nitrogens is 1. The maximum Gasteiger partial charge on any atom is 0.169 e. The topological polar surface area (TPSA) is 37.0 Å². The summed E-state index contributed by atoms with van der Waals surface area (Å²) in [6.07, 6.45) is 0.810. The quantitative estimate of drug-likeness (QED) is 0.825. The molecule has 0 saturated heterocycles. The zero-order chi connectivity index (χ0) is 15.4. The van der Waals surface area contributed by atoms with Crippen molar-refractivity contribution in [2.75, 3.05) is 17.2 Å². The lowest BCUT2D eigenvalue weighted by atomic mass is 10.2. The van der Waals surface area contributed by atoms with Gasteiger partial charge in [0.15, 0.2) is 23.3 Å². The minimum Gasteiger partial charge on any atom is -0.368 e. The number of pyridine rings is 1. The van der Waals surface area contributed by atoms with Gasteiger partial charge in [-0.1, -0.05) is 30.7 Å². The van der Waals surface area contributed by atoms with E-state index in [2.05, 4.69) is 15.6 Å². The summed E-state index contributed by atoms with van der Waals surface area (Å²) in [5.41, 5.74) is 1.40. The maximum absolute atomic E-state index is 13.9. The van der Waals surface area contributed by atoms with Crippen LogP contribution >= 0.6 is 11.6 Å². The van der Waals surface area contributed by atoms with Gasteiger partial charge in [0.1, 0.15) is 0 Å². The van der Waals surface area contributed by atoms with E-state index >= 15 is 0 Å². The second-order valence-corrected chi connectivity index (χ2v) is 5.04. The highest BCUT2D eigenvalue weighted by atomic mass is 35.5. The Kier molecular flexibility index (Phi) is 4.96. The van der Waals surface area contributed by atoms with Crippen LogP contribution in [0.5, 0.6) is 0 Å². The first kappa shape index (κ1) is 15.5. The molecular weight excluding hydrogens is 296 g/mol. The van der Waals surface area contributed by atoms with Gasteiger partial charge in [0.25, 0.3) is 0 Å². The summed E-state index contributed by atoms with van der Waals surface area (Å²) in [6.45, 7) is 4.34. The smallest absolute Gasteiger partial charge is 0.169 e. The number of anilines is 3. The lowest BCUT2D eigenvalue weighted by molar-refractivity contribution is 0.579. The van der Waals surface area contributed by atoms with Crippen molar-refractivity contribution >= 4 is 28.9 Å². The van der Waals surface area contributed by atoms with E-state index < -0.39 is 11.6 Å². The number of halogens is 3. The highest BCUT2D eigenvalue weighted by Crippen LogP contribution is 2.30. The zero-order valence-corrected chi connectivity index (χ0v) is 12.6. The molecule has 0 aliphatic rings. The predicted molar refractivity (Wildman–Crippen MR) is 82.4 cm³/mol. The van der Waals surface area contributed by atoms with Gasteiger partial charge >= 0.3 is 0 Å². The third-order valence-corrected chi connectivity index (χ3v) is 3.25. The Balaban J connectivity index is 2.35. The summed E-state index contributed by atoms with van der Waals surface area (Å²) in [7, 11) is 0. The monoisotopic (exact) mass is 311 g/mol. The Labute approximate surface area is 127 Å². The van der Waals surface area contributed by atoms with E-state index in [1.807, 2.05) is 19.9 Å². The van der Waals surface area contributed by atoms with Crippen LogP contribution in [0.15, 0.2) is 24.3 Å². The van der Waals surface area contributed by atoms with Crippen LogP contribution in [0.4, 0.5) is 26.1 Å². The highest BCUT2D eigenvalue weighted by molar-refractivity contribution is 6.33. The van der Waals surface area contributed by atoms with Crippen molar-refractivity contribution in [3.8, 4) is 0 Å². The lowest BCUT2D eigenvalue weighted by Crippen LogP contribution is -2.08. The summed E-state index contributed by atoms with van der Waals surface area (Å²) in [4.78, 5) is 3.96. The van der Waals surface area contributed by atoms with Crippen LogP contribution in [-0.4, -0.2) is 11.5 Å². The lowest BCUT2D eigenvalue weighted by Gasteiger charge is -2.13. The summed E-state index contributed by atoms with van der Waals surface area (Å²) in [6, 6.07) is 6.13. The summed E-state index contributed by atoms with van der Waals surface area (Å²) >= 11 is 6.08. The average Bonchev–Trinajstić information content (AvgIpc) is 2.44. The van der Waals surface area contributed by atoms with Gasteiger partial charge in [0.2, 0.25) is 0 Å². The maximum atomic E-state index is 13.9. The van der Waals surface area contributed by atoms with E-state index in [1.54, 1.807) is 12.1 Å². The van der Waals surface area contributed by atoms with Crippen LogP contribution in [0.1, 0.15) is 18.9 Å². The van der Waals surface area contributed by atoms with Gasteiger partial charge in [0.05, 0.1) is 10.7 Å². The van der Waals surface area contributed by atoms with Gasteiger partial charge in [0, 0.05) is 12.6 Å². The molecule has 0 unspecified atom stereocenters. The van der Waals surface area contributed by atoms with E-state index in [0.717, 1.165) is 18.1 Å². The Morgan fingerprint density at radius 3 is 2.57 bits per heavy atom. The minimum atomic E-state index is -0.770. The normalized spacial score (nSPS) is 10.5. The summed E-state index contributed by atoms with van der Waals surface area (Å²) in [5, 5.41) is 6.10. The number of hydrogen-bond acceptors (Lipinski definition) is 3. The first-order valence-corrected chi connectivity index (χ1v) is 7.02. The number of hydrogen-bond donors (Lipinski definition) is 2. The van der Waals surface area contributed by atoms with Crippen LogP contribution in [-0.2, 0) is 0 Å². The van der Waals surface area contributed by atoms with Crippen LogP contribution in [0, 0.1) is 18.6 Å². The van der Waals surface area contributed by atoms with Gasteiger partial charge in [-0.2, -0.15) is 0 Å². The minimum absolute atomic E-state index is 0.0189. The van der Waals surface area contributed by atoms with E-state index in [9.17, 15) is 8.78 Å². The molecule has 2 N–H and O–H groups in total. The zero-order valence-electron chi connectivity index (χ0n) is 11.8. The molecule has 2 aromatic rings. The molecule has 21 heavy (non-hydrogen) atoms. The second-order valence-electron chi connectivity index (χ2n) is 4.63. The molecule has 0 fully saturated rings. The summed E-state index contributed by atoms with van der Waals surface area (Å²) < 4.78 is 27.5. The van der Waals surface area contributed by atoms with Crippen molar-refractivity contribution in [3.63, 3.8) is 0 Å². The number of aryl methyl sites for hydroxylation is 1. The van der Waals surface area contributed by atoms with Crippen LogP contribution in [0.3, 0.4) is 0 Å². The van der Waals surface area contributed by atoms with E-state index in [-0.39, 0.29) is 11.6 Å². The molecule has 0 spiro atoms. The molecule has 112 valence electrons. The van der Waals surface area contributed by atoms with Gasteiger partial charge < -0.3 is 10.6 Å². The molecule has 0 bridgehead atoms. The van der Waals surface area contributed by atoms with Crippen molar-refractivity contribution in [3.05, 3.63) is 46.5 Å². The molecule has 6 heteroatoms. The average molecular weight is 312 g/mol. The van der Waals surface area contributed by atoms with Gasteiger partial charge in [-0.25, -0.2) is 13.8 Å². The van der Waals surface area contributed by atoms with E-state index in [1.165, 1.54) is 0 Å². The Morgan fingerprint density at radius 1 is 1.19 bits per heavy atom. The van der Waals surface area contributed by atoms with Crippen molar-refractivity contribution in [1.29, 1.82) is 0 Å². The standard InChI is InChI=1S/C15H16ClF2N3/c1-3-7-19-14-11(17)8-12(18)15(21-14)20-13-9(2)5-4-6-10(13)16/h4-6,8H,3,7H2,1-2H3,(H2,19,20,21). The van der Waals surface area contributed by atoms with Crippen molar-refractivity contribution in [1.82, 2.24) is 4.98 Å². The number of benzene rings is 1. The third-order valence-electron chi connectivity index (χ3n) is 2.94. The van der Waals surface area contributed by atoms with Crippen LogP contribution in [0.2, 0.25) is 5.02 Å². The molecule has 3 nitrogen and oxygen atoms in total. The van der Waals surface area contributed by atoms with E-state index in [0.29, 0.717) is 17.3 Å². The molecule has 0 aliphatic carbocycles. The van der Waals surface area contributed by atoms with Crippen molar-refractivity contribution in [2.45, 2.75) is 20.3 Å². The molecule has 0 saturated carbocycles. The Hall–Kier alpha value is -1.88. The predicted octanol–water partition coefficient (Wildman–Crippen LogP) is 4.89. The Morgan fingerprint density at radius 2 is 1.90 bits per heavy atom. The van der Waals surface area contributed by atoms with Crippen LogP contribution < -0.4 is 10.6 Å². The molecule has 0 atom stereocenters. The number of rotatable bonds is 5. The number of para-hydroxylation sites is 1. The molecule has 1 heterocycles. The molecule has 1 aromatic heterocycles. The second kappa shape index (κ2) is 6.72. The highest BCUT2D eigenvalue weighted by Gasteiger charge is 2.13. The fraction of sp³-hybridized carbons (Fsp3) is 0.267. The summed E-state index contributed by atoms with van der Waals surface area (Å²) in [5.74, 6) is -1.53. The fourth-order valence-electron chi connectivity index (χ4n) is 1.83. The van der Waals surface area contributed by atoms with Crippen molar-refractivity contribution < 1.29 is 8.78 Å². The van der Waals surface area contributed by atoms with Gasteiger partial charge in [-0.3, -0.25) is 0 Å². The first-order chi connectivity index (χ1) is 10.0. The Bertz CT molecular complexity index is 627. The van der Waals surface area contributed by atoms with E-state index in [4.69, 9.17) is 11.6 Å². The largest absolute Gasteiger partial charge is 0.368 e. The number of nitrogens with one attached hydrogen (secondary N) is 2.